The van der Waals surface area contributed by atoms with Crippen LogP contribution in [0.2, 0.25) is 0 Å². The van der Waals surface area contributed by atoms with E-state index in [0.29, 0.717) is 23.5 Å². The van der Waals surface area contributed by atoms with Crippen LogP contribution in [-0.2, 0) is 0 Å². The molecule has 4 N–H and O–H groups in total. The Labute approximate surface area is 113 Å². The van der Waals surface area contributed by atoms with E-state index in [1.54, 1.807) is 0 Å². The highest BCUT2D eigenvalue weighted by Crippen LogP contribution is 2.30. The summed E-state index contributed by atoms with van der Waals surface area (Å²) in [5.41, 5.74) is 6.40. The number of hydrogen-bond acceptors (Lipinski definition) is 4. The predicted octanol–water partition coefficient (Wildman–Crippen LogP) is 2.74. The number of pyridine rings is 1. The monoisotopic (exact) mass is 263 g/mol. The molecule has 1 aliphatic rings. The zero-order chi connectivity index (χ0) is 13.8. The summed E-state index contributed by atoms with van der Waals surface area (Å²) < 4.78 is 0. The molecule has 5 nitrogen and oxygen atoms in total. The normalized spacial score (nSPS) is 23.0. The summed E-state index contributed by atoms with van der Waals surface area (Å²) in [6, 6.07) is 1.85. The van der Waals surface area contributed by atoms with Crippen LogP contribution in [0, 0.1) is 5.92 Å². The fraction of sp³-hybridized carbons (Fsp3) is 0.571. The van der Waals surface area contributed by atoms with Gasteiger partial charge in [0.2, 0.25) is 0 Å². The highest BCUT2D eigenvalue weighted by Gasteiger charge is 2.24. The maximum absolute atomic E-state index is 10.8. The van der Waals surface area contributed by atoms with Crippen molar-refractivity contribution in [3.8, 4) is 0 Å². The second-order valence-electron chi connectivity index (χ2n) is 5.17. The van der Waals surface area contributed by atoms with Gasteiger partial charge < -0.3 is 16.2 Å². The molecule has 1 aliphatic carbocycles. The van der Waals surface area contributed by atoms with E-state index in [4.69, 9.17) is 10.8 Å². The minimum absolute atomic E-state index is 0.124. The van der Waals surface area contributed by atoms with Crippen LogP contribution in [0.3, 0.4) is 0 Å². The number of nitrogens with zero attached hydrogens (tertiary/aromatic N) is 1. The fourth-order valence-electron chi connectivity index (χ4n) is 2.78. The van der Waals surface area contributed by atoms with Crippen molar-refractivity contribution in [1.82, 2.24) is 4.98 Å². The number of aromatic nitrogens is 1. The Balaban J connectivity index is 2.11. The maximum atomic E-state index is 10.8. The molecule has 0 bridgehead atoms. The van der Waals surface area contributed by atoms with Crippen molar-refractivity contribution in [2.24, 2.45) is 5.92 Å². The average Bonchev–Trinajstić information content (AvgIpc) is 2.41. The van der Waals surface area contributed by atoms with Gasteiger partial charge in [-0.25, -0.2) is 9.78 Å². The largest absolute Gasteiger partial charge is 0.478 e. The second-order valence-corrected chi connectivity index (χ2v) is 5.17. The third-order valence-electron chi connectivity index (χ3n) is 3.92. The van der Waals surface area contributed by atoms with Crippen LogP contribution in [0.15, 0.2) is 12.3 Å². The van der Waals surface area contributed by atoms with E-state index in [1.165, 1.54) is 31.5 Å². The van der Waals surface area contributed by atoms with Gasteiger partial charge in [-0.2, -0.15) is 0 Å². The molecule has 0 spiro atoms. The number of anilines is 2. The lowest BCUT2D eigenvalue weighted by Crippen LogP contribution is -2.32. The maximum Gasteiger partial charge on any atom is 0.337 e. The lowest BCUT2D eigenvalue weighted by molar-refractivity contribution is 0.0696. The Morgan fingerprint density at radius 3 is 2.89 bits per heavy atom. The third kappa shape index (κ3) is 3.16. The first kappa shape index (κ1) is 13.6. The molecule has 1 heterocycles. The molecule has 2 rings (SSSR count). The highest BCUT2D eigenvalue weighted by molar-refractivity contribution is 5.89. The molecule has 0 amide bonds. The molecule has 5 heteroatoms. The number of nitrogen functional groups attached to an aromatic ring is 1. The molecular weight excluding hydrogens is 242 g/mol. The number of carboxylic acids is 1. The molecule has 104 valence electrons. The predicted molar refractivity (Wildman–Crippen MR) is 75.3 cm³/mol. The van der Waals surface area contributed by atoms with Crippen molar-refractivity contribution in [2.75, 3.05) is 11.1 Å². The molecule has 19 heavy (non-hydrogen) atoms. The molecule has 1 fully saturated rings. The molecule has 2 atom stereocenters. The zero-order valence-electron chi connectivity index (χ0n) is 11.2. The van der Waals surface area contributed by atoms with Crippen LogP contribution in [0.25, 0.3) is 0 Å². The Hall–Kier alpha value is -1.78. The van der Waals surface area contributed by atoms with E-state index in [1.807, 2.05) is 0 Å². The van der Waals surface area contributed by atoms with E-state index in [-0.39, 0.29) is 5.56 Å². The number of rotatable bonds is 4. The minimum Gasteiger partial charge on any atom is -0.478 e. The molecule has 0 saturated heterocycles. The van der Waals surface area contributed by atoms with Gasteiger partial charge in [0.05, 0.1) is 11.3 Å². The van der Waals surface area contributed by atoms with E-state index >= 15 is 0 Å². The summed E-state index contributed by atoms with van der Waals surface area (Å²) in [5, 5.41) is 12.3. The standard InChI is InChI=1S/C14H21N3O2/c1-2-9-5-3-4-6-12(9)17-13-11(15)7-10(8-16-13)14(18)19/h7-9,12H,2-6,15H2,1H3,(H,16,17)(H,18,19). The van der Waals surface area contributed by atoms with Gasteiger partial charge in [-0.1, -0.05) is 26.2 Å². The number of nitrogens with one attached hydrogen (secondary N) is 1. The van der Waals surface area contributed by atoms with Gasteiger partial charge in [0.15, 0.2) is 0 Å². The minimum atomic E-state index is -1.00. The topological polar surface area (TPSA) is 88.2 Å². The van der Waals surface area contributed by atoms with Crippen molar-refractivity contribution < 1.29 is 9.90 Å². The summed E-state index contributed by atoms with van der Waals surface area (Å²) in [6.45, 7) is 2.20. The lowest BCUT2D eigenvalue weighted by Gasteiger charge is -2.32. The lowest BCUT2D eigenvalue weighted by atomic mass is 9.83. The smallest absolute Gasteiger partial charge is 0.337 e. The van der Waals surface area contributed by atoms with E-state index < -0.39 is 5.97 Å². The van der Waals surface area contributed by atoms with Gasteiger partial charge in [-0.3, -0.25) is 0 Å². The van der Waals surface area contributed by atoms with Gasteiger partial charge >= 0.3 is 5.97 Å². The summed E-state index contributed by atoms with van der Waals surface area (Å²) in [7, 11) is 0. The van der Waals surface area contributed by atoms with Crippen molar-refractivity contribution in [1.29, 1.82) is 0 Å². The molecule has 2 unspecified atom stereocenters. The first-order chi connectivity index (χ1) is 9.11. The highest BCUT2D eigenvalue weighted by atomic mass is 16.4. The first-order valence-electron chi connectivity index (χ1n) is 6.87. The number of carbonyl (C=O) groups is 1. The summed E-state index contributed by atoms with van der Waals surface area (Å²) >= 11 is 0. The van der Waals surface area contributed by atoms with Gasteiger partial charge in [0.25, 0.3) is 0 Å². The van der Waals surface area contributed by atoms with E-state index in [2.05, 4.69) is 17.2 Å². The SMILES string of the molecule is CCC1CCCCC1Nc1ncc(C(=O)O)cc1N. The first-order valence-corrected chi connectivity index (χ1v) is 6.87. The van der Waals surface area contributed by atoms with Gasteiger partial charge in [-0.05, 0) is 24.8 Å². The number of hydrogen-bond donors (Lipinski definition) is 3. The molecule has 0 aliphatic heterocycles. The van der Waals surface area contributed by atoms with Crippen LogP contribution in [0.4, 0.5) is 11.5 Å². The van der Waals surface area contributed by atoms with Crippen molar-refractivity contribution >= 4 is 17.5 Å². The van der Waals surface area contributed by atoms with Crippen LogP contribution in [0.5, 0.6) is 0 Å². The Kier molecular flexibility index (Phi) is 4.24. The quantitative estimate of drug-likeness (QED) is 0.777. The van der Waals surface area contributed by atoms with Crippen LogP contribution in [0.1, 0.15) is 49.4 Å². The summed E-state index contributed by atoms with van der Waals surface area (Å²) in [4.78, 5) is 15.0. The molecule has 0 radical (unpaired) electrons. The third-order valence-corrected chi connectivity index (χ3v) is 3.92. The Morgan fingerprint density at radius 2 is 2.26 bits per heavy atom. The molecule has 1 saturated carbocycles. The summed E-state index contributed by atoms with van der Waals surface area (Å²) in [6.07, 6.45) is 7.37. The van der Waals surface area contributed by atoms with Crippen LogP contribution >= 0.6 is 0 Å². The van der Waals surface area contributed by atoms with Gasteiger partial charge in [0.1, 0.15) is 5.82 Å². The number of nitrogens with two attached hydrogens (primary N) is 1. The van der Waals surface area contributed by atoms with Crippen molar-refractivity contribution in [3.63, 3.8) is 0 Å². The van der Waals surface area contributed by atoms with E-state index in [9.17, 15) is 4.79 Å². The van der Waals surface area contributed by atoms with Gasteiger partial charge in [-0.15, -0.1) is 0 Å². The second kappa shape index (κ2) is 5.91. The number of carboxylic acid groups (broad SMARTS) is 1. The Bertz CT molecular complexity index is 462. The van der Waals surface area contributed by atoms with Crippen LogP contribution in [-0.4, -0.2) is 22.1 Å². The van der Waals surface area contributed by atoms with E-state index in [0.717, 1.165) is 12.8 Å². The van der Waals surface area contributed by atoms with Crippen LogP contribution < -0.4 is 11.1 Å². The Morgan fingerprint density at radius 1 is 1.53 bits per heavy atom. The fourth-order valence-corrected chi connectivity index (χ4v) is 2.78. The molecular formula is C14H21N3O2. The zero-order valence-corrected chi connectivity index (χ0v) is 11.2. The average molecular weight is 263 g/mol. The molecule has 1 aromatic rings. The van der Waals surface area contributed by atoms with Crippen molar-refractivity contribution in [2.45, 2.75) is 45.1 Å². The molecule has 1 aromatic heterocycles. The number of aromatic carboxylic acids is 1. The van der Waals surface area contributed by atoms with Crippen molar-refractivity contribution in [3.05, 3.63) is 17.8 Å². The van der Waals surface area contributed by atoms with Gasteiger partial charge in [0, 0.05) is 12.2 Å². The molecule has 0 aromatic carbocycles. The summed E-state index contributed by atoms with van der Waals surface area (Å²) in [5.74, 6) is 0.249.